The van der Waals surface area contributed by atoms with Crippen LogP contribution in [-0.4, -0.2) is 53.0 Å². The molecule has 9 heteroatoms. The van der Waals surface area contributed by atoms with Crippen molar-refractivity contribution in [1.82, 2.24) is 0 Å². The second-order valence-electron chi connectivity index (χ2n) is 9.25. The summed E-state index contributed by atoms with van der Waals surface area (Å²) in [6, 6.07) is 3.86. The Kier molecular flexibility index (Phi) is 4.93. The van der Waals surface area contributed by atoms with Crippen molar-refractivity contribution in [2.75, 3.05) is 7.11 Å². The Morgan fingerprint density at radius 3 is 2.79 bits per heavy atom. The first-order valence-electron chi connectivity index (χ1n) is 11.1. The zero-order valence-corrected chi connectivity index (χ0v) is 18.5. The van der Waals surface area contributed by atoms with E-state index in [0.29, 0.717) is 17.9 Å². The molecule has 1 saturated carbocycles. The second-order valence-corrected chi connectivity index (χ2v) is 9.25. The van der Waals surface area contributed by atoms with Crippen LogP contribution in [0.2, 0.25) is 0 Å². The molecule has 0 radical (unpaired) electrons. The molecule has 3 aliphatic carbocycles. The van der Waals surface area contributed by atoms with Crippen LogP contribution in [0, 0.1) is 5.92 Å². The van der Waals surface area contributed by atoms with Gasteiger partial charge in [0.1, 0.15) is 5.76 Å². The van der Waals surface area contributed by atoms with Gasteiger partial charge in [-0.25, -0.2) is 4.79 Å². The third kappa shape index (κ3) is 2.98. The molecule has 1 fully saturated rings. The normalized spacial score (nSPS) is 31.4. The number of carbonyl (C=O) groups is 3. The van der Waals surface area contributed by atoms with Crippen LogP contribution in [0.15, 0.2) is 24.0 Å². The van der Waals surface area contributed by atoms with Crippen molar-refractivity contribution in [3.8, 4) is 11.5 Å². The molecule has 5 atom stereocenters. The van der Waals surface area contributed by atoms with Crippen LogP contribution in [0.1, 0.15) is 50.2 Å². The van der Waals surface area contributed by atoms with Crippen LogP contribution in [0.4, 0.5) is 0 Å². The molecule has 4 aliphatic rings. The fourth-order valence-corrected chi connectivity index (χ4v) is 6.40. The maximum absolute atomic E-state index is 12.8. The molecule has 9 nitrogen and oxygen atoms in total. The lowest BCUT2D eigenvalue weighted by molar-refractivity contribution is -0.173. The molecule has 0 amide bonds. The third-order valence-electron chi connectivity index (χ3n) is 7.62. The fraction of sp³-hybridized carbons (Fsp3) is 0.542. The van der Waals surface area contributed by atoms with Crippen molar-refractivity contribution in [3.63, 3.8) is 0 Å². The van der Waals surface area contributed by atoms with Crippen LogP contribution < -0.4 is 9.47 Å². The summed E-state index contributed by atoms with van der Waals surface area (Å²) >= 11 is 0. The number of benzene rings is 1. The van der Waals surface area contributed by atoms with E-state index in [9.17, 15) is 19.5 Å². The highest BCUT2D eigenvalue weighted by Gasteiger charge is 2.71. The van der Waals surface area contributed by atoms with Gasteiger partial charge in [0, 0.05) is 12.5 Å². The van der Waals surface area contributed by atoms with E-state index < -0.39 is 47.6 Å². The van der Waals surface area contributed by atoms with E-state index in [4.69, 9.17) is 24.1 Å². The largest absolute Gasteiger partial charge is 0.493 e. The number of carboxylic acid groups (broad SMARTS) is 1. The lowest BCUT2D eigenvalue weighted by atomic mass is 9.47. The van der Waals surface area contributed by atoms with E-state index in [0.717, 1.165) is 37.3 Å². The minimum Gasteiger partial charge on any atom is -0.493 e. The number of carbonyl (C=O) groups excluding carboxylic acids is 2. The van der Waals surface area contributed by atoms with Crippen LogP contribution in [0.3, 0.4) is 0 Å². The van der Waals surface area contributed by atoms with Crippen molar-refractivity contribution in [2.24, 2.45) is 5.92 Å². The summed E-state index contributed by atoms with van der Waals surface area (Å²) in [5.41, 5.74) is 0.141. The third-order valence-corrected chi connectivity index (χ3v) is 7.62. The number of methoxy groups -OCH3 is 1. The summed E-state index contributed by atoms with van der Waals surface area (Å²) in [5, 5.41) is 21.1. The van der Waals surface area contributed by atoms with E-state index in [1.165, 1.54) is 0 Å². The van der Waals surface area contributed by atoms with Crippen LogP contribution in [0.5, 0.6) is 11.5 Å². The minimum atomic E-state index is -1.58. The average molecular weight is 458 g/mol. The Labute approximate surface area is 190 Å². The van der Waals surface area contributed by atoms with Gasteiger partial charge in [0.05, 0.1) is 24.5 Å². The Balaban J connectivity index is 1.55. The molecule has 1 spiro atoms. The van der Waals surface area contributed by atoms with Gasteiger partial charge in [-0.15, -0.1) is 0 Å². The van der Waals surface area contributed by atoms with E-state index in [1.807, 2.05) is 12.1 Å². The molecule has 1 heterocycles. The molecule has 0 aromatic heterocycles. The summed E-state index contributed by atoms with van der Waals surface area (Å²) in [6.45, 7) is 1.09. The van der Waals surface area contributed by atoms with E-state index in [1.54, 1.807) is 13.2 Å². The SMILES string of the molecule is COc1ccc2c3c1O[C@H]1C(OC(=O)[C@H](CC(=O)O)OC(C)=O)=CC[C@@]4(O)[C@H](CCC[C@]314)C2. The van der Waals surface area contributed by atoms with Gasteiger partial charge in [-0.1, -0.05) is 12.5 Å². The topological polar surface area (TPSA) is 129 Å². The quantitative estimate of drug-likeness (QED) is 0.615. The molecule has 2 bridgehead atoms. The Morgan fingerprint density at radius 2 is 2.09 bits per heavy atom. The Morgan fingerprint density at radius 1 is 1.30 bits per heavy atom. The molecule has 0 saturated heterocycles. The maximum atomic E-state index is 12.8. The number of rotatable bonds is 6. The van der Waals surface area contributed by atoms with Gasteiger partial charge >= 0.3 is 17.9 Å². The first kappa shape index (κ1) is 21.8. The van der Waals surface area contributed by atoms with Gasteiger partial charge in [0.15, 0.2) is 17.6 Å². The number of aliphatic carboxylic acids is 1. The number of carboxylic acids is 1. The first-order valence-corrected chi connectivity index (χ1v) is 11.1. The highest BCUT2D eigenvalue weighted by atomic mass is 16.6. The van der Waals surface area contributed by atoms with Crippen LogP contribution >= 0.6 is 0 Å². The van der Waals surface area contributed by atoms with Crippen LogP contribution in [-0.2, 0) is 35.7 Å². The molecule has 5 rings (SSSR count). The average Bonchev–Trinajstić information content (AvgIpc) is 3.09. The molecule has 1 aliphatic heterocycles. The Hall–Kier alpha value is -3.07. The Bertz CT molecular complexity index is 1060. The molecule has 2 N–H and O–H groups in total. The zero-order valence-electron chi connectivity index (χ0n) is 18.5. The van der Waals surface area contributed by atoms with Crippen molar-refractivity contribution >= 4 is 17.9 Å². The lowest BCUT2D eigenvalue weighted by Crippen LogP contribution is -2.67. The molecular formula is C24H26O9. The fourth-order valence-electron chi connectivity index (χ4n) is 6.40. The summed E-state index contributed by atoms with van der Waals surface area (Å²) in [7, 11) is 1.55. The molecule has 0 unspecified atom stereocenters. The number of ether oxygens (including phenoxy) is 4. The number of hydrogen-bond acceptors (Lipinski definition) is 8. The highest BCUT2D eigenvalue weighted by Crippen LogP contribution is 2.67. The van der Waals surface area contributed by atoms with E-state index in [2.05, 4.69) is 0 Å². The van der Waals surface area contributed by atoms with Crippen LogP contribution in [0.25, 0.3) is 0 Å². The van der Waals surface area contributed by atoms with Gasteiger partial charge in [-0.2, -0.15) is 0 Å². The maximum Gasteiger partial charge on any atom is 0.353 e. The van der Waals surface area contributed by atoms with E-state index in [-0.39, 0.29) is 18.1 Å². The van der Waals surface area contributed by atoms with Gasteiger partial charge in [0.25, 0.3) is 0 Å². The predicted octanol–water partition coefficient (Wildman–Crippen LogP) is 2.02. The molecule has 1 aromatic carbocycles. The van der Waals surface area contributed by atoms with Crippen molar-refractivity contribution in [3.05, 3.63) is 35.1 Å². The lowest BCUT2D eigenvalue weighted by Gasteiger charge is -2.59. The summed E-state index contributed by atoms with van der Waals surface area (Å²) in [5.74, 6) is -1.76. The first-order chi connectivity index (χ1) is 15.7. The summed E-state index contributed by atoms with van der Waals surface area (Å²) in [4.78, 5) is 35.4. The smallest absolute Gasteiger partial charge is 0.353 e. The summed E-state index contributed by atoms with van der Waals surface area (Å²) in [6.07, 6.45) is 2.00. The monoisotopic (exact) mass is 458 g/mol. The number of aliphatic hydroxyl groups is 1. The number of esters is 2. The summed E-state index contributed by atoms with van der Waals surface area (Å²) < 4.78 is 22.4. The van der Waals surface area contributed by atoms with Crippen molar-refractivity contribution in [2.45, 2.75) is 68.7 Å². The van der Waals surface area contributed by atoms with Crippen molar-refractivity contribution in [1.29, 1.82) is 0 Å². The number of hydrogen-bond donors (Lipinski definition) is 2. The molecule has 33 heavy (non-hydrogen) atoms. The van der Waals surface area contributed by atoms with Gasteiger partial charge in [-0.05, 0) is 49.3 Å². The highest BCUT2D eigenvalue weighted by molar-refractivity contribution is 5.84. The van der Waals surface area contributed by atoms with Gasteiger partial charge < -0.3 is 29.2 Å². The van der Waals surface area contributed by atoms with Gasteiger partial charge in [0.2, 0.25) is 6.10 Å². The standard InChI is InChI=1S/C24H26O9/c1-12(25)31-17(11-18(26)27)22(28)32-16-7-9-24(29)14-4-3-8-23(24)19-13(10-14)5-6-15(30-2)20(19)33-21(16)23/h5-7,14,17,21,29H,3-4,8-11H2,1-2H3,(H,26,27)/t14-,17+,21+,23+,24-/m1/s1. The minimum absolute atomic E-state index is 0.0403. The molecule has 1 aromatic rings. The van der Waals surface area contributed by atoms with E-state index >= 15 is 0 Å². The predicted molar refractivity (Wildman–Crippen MR) is 112 cm³/mol. The zero-order chi connectivity index (χ0) is 23.5. The second kappa shape index (κ2) is 7.48. The van der Waals surface area contributed by atoms with Crippen molar-refractivity contribution < 1.29 is 43.5 Å². The molecule has 176 valence electrons. The van der Waals surface area contributed by atoms with Gasteiger partial charge in [-0.3, -0.25) is 9.59 Å². The molecular weight excluding hydrogens is 432 g/mol.